The minimum Gasteiger partial charge on any atom is -0.385 e. The summed E-state index contributed by atoms with van der Waals surface area (Å²) in [5, 5.41) is 7.93. The van der Waals surface area contributed by atoms with E-state index in [9.17, 15) is 0 Å². The van der Waals surface area contributed by atoms with Crippen LogP contribution in [0.4, 0.5) is 5.69 Å². The maximum absolute atomic E-state index is 6.06. The average Bonchev–Trinajstić information content (AvgIpc) is 2.52. The van der Waals surface area contributed by atoms with Gasteiger partial charge in [-0.25, -0.2) is 0 Å². The number of benzene rings is 2. The molecule has 2 aromatic rings. The number of anilines is 1. The van der Waals surface area contributed by atoms with Crippen LogP contribution in [-0.4, -0.2) is 6.54 Å². The summed E-state index contributed by atoms with van der Waals surface area (Å²) in [6.45, 7) is 4.12. The molecule has 1 aliphatic heterocycles. The maximum atomic E-state index is 6.06. The highest BCUT2D eigenvalue weighted by molar-refractivity contribution is 6.30. The Hall–Kier alpha value is -1.51. The van der Waals surface area contributed by atoms with Crippen molar-refractivity contribution in [2.24, 2.45) is 0 Å². The predicted octanol–water partition coefficient (Wildman–Crippen LogP) is 4.55. The highest BCUT2D eigenvalue weighted by atomic mass is 35.5. The summed E-state index contributed by atoms with van der Waals surface area (Å²) < 4.78 is 0. The van der Waals surface area contributed by atoms with E-state index in [2.05, 4.69) is 41.8 Å². The van der Waals surface area contributed by atoms with Gasteiger partial charge in [0.05, 0.1) is 0 Å². The van der Waals surface area contributed by atoms with Crippen LogP contribution in [0.5, 0.6) is 0 Å². The molecule has 0 saturated carbocycles. The van der Waals surface area contributed by atoms with Crippen molar-refractivity contribution in [1.82, 2.24) is 5.32 Å². The standard InChI is InChI=1S/C18H21ClN2/c1-13(15-6-3-9-17(19)11-15)21-12-16-7-2-5-14-8-4-10-20-18(14)16/h2-3,5-7,9,11,13,20-21H,4,8,10,12H2,1H3. The van der Waals surface area contributed by atoms with E-state index < -0.39 is 0 Å². The molecule has 3 rings (SSSR count). The van der Waals surface area contributed by atoms with Crippen LogP contribution in [0.1, 0.15) is 36.1 Å². The molecule has 0 amide bonds. The quantitative estimate of drug-likeness (QED) is 0.865. The second kappa shape index (κ2) is 6.50. The molecular weight excluding hydrogens is 280 g/mol. The lowest BCUT2D eigenvalue weighted by Gasteiger charge is -2.22. The van der Waals surface area contributed by atoms with Crippen molar-refractivity contribution in [2.45, 2.75) is 32.4 Å². The summed E-state index contributed by atoms with van der Waals surface area (Å²) in [6, 6.07) is 14.9. The number of rotatable bonds is 4. The Morgan fingerprint density at radius 1 is 1.24 bits per heavy atom. The zero-order chi connectivity index (χ0) is 14.7. The van der Waals surface area contributed by atoms with Crippen molar-refractivity contribution < 1.29 is 0 Å². The summed E-state index contributed by atoms with van der Waals surface area (Å²) in [7, 11) is 0. The zero-order valence-corrected chi connectivity index (χ0v) is 13.1. The van der Waals surface area contributed by atoms with Crippen LogP contribution >= 0.6 is 11.6 Å². The van der Waals surface area contributed by atoms with E-state index in [0.29, 0.717) is 0 Å². The van der Waals surface area contributed by atoms with Crippen molar-refractivity contribution in [2.75, 3.05) is 11.9 Å². The predicted molar refractivity (Wildman–Crippen MR) is 90.0 cm³/mol. The second-order valence-corrected chi connectivity index (χ2v) is 6.08. The van der Waals surface area contributed by atoms with Crippen LogP contribution in [0.25, 0.3) is 0 Å². The van der Waals surface area contributed by atoms with Gasteiger partial charge in [-0.3, -0.25) is 0 Å². The van der Waals surface area contributed by atoms with Crippen molar-refractivity contribution >= 4 is 17.3 Å². The third-order valence-electron chi connectivity index (χ3n) is 4.11. The van der Waals surface area contributed by atoms with E-state index in [1.54, 1.807) is 0 Å². The minimum atomic E-state index is 0.281. The van der Waals surface area contributed by atoms with Gasteiger partial charge in [-0.15, -0.1) is 0 Å². The van der Waals surface area contributed by atoms with Gasteiger partial charge in [0.15, 0.2) is 0 Å². The maximum Gasteiger partial charge on any atom is 0.0418 e. The molecule has 1 unspecified atom stereocenters. The Labute approximate surface area is 131 Å². The first-order chi connectivity index (χ1) is 10.2. The lowest BCUT2D eigenvalue weighted by atomic mass is 9.99. The Morgan fingerprint density at radius 3 is 2.95 bits per heavy atom. The van der Waals surface area contributed by atoms with Crippen LogP contribution in [0.15, 0.2) is 42.5 Å². The first-order valence-corrected chi connectivity index (χ1v) is 7.95. The molecule has 1 heterocycles. The van der Waals surface area contributed by atoms with E-state index >= 15 is 0 Å². The third-order valence-corrected chi connectivity index (χ3v) is 4.34. The molecule has 2 N–H and O–H groups in total. The summed E-state index contributed by atoms with van der Waals surface area (Å²) in [5.74, 6) is 0. The number of fused-ring (bicyclic) bond motifs is 1. The average molecular weight is 301 g/mol. The van der Waals surface area contributed by atoms with Crippen molar-refractivity contribution in [3.8, 4) is 0 Å². The minimum absolute atomic E-state index is 0.281. The number of halogens is 1. The smallest absolute Gasteiger partial charge is 0.0418 e. The van der Waals surface area contributed by atoms with E-state index in [1.807, 2.05) is 18.2 Å². The lowest BCUT2D eigenvalue weighted by molar-refractivity contribution is 0.574. The van der Waals surface area contributed by atoms with Crippen LogP contribution in [0, 0.1) is 0 Å². The van der Waals surface area contributed by atoms with Gasteiger partial charge in [0.1, 0.15) is 0 Å². The molecule has 0 aromatic heterocycles. The lowest BCUT2D eigenvalue weighted by Crippen LogP contribution is -2.21. The van der Waals surface area contributed by atoms with Crippen LogP contribution in [0.2, 0.25) is 5.02 Å². The Balaban J connectivity index is 1.70. The van der Waals surface area contributed by atoms with E-state index in [1.165, 1.54) is 35.2 Å². The van der Waals surface area contributed by atoms with Gasteiger partial charge in [-0.05, 0) is 48.6 Å². The van der Waals surface area contributed by atoms with E-state index in [4.69, 9.17) is 11.6 Å². The normalized spacial score (nSPS) is 15.1. The molecule has 0 spiro atoms. The Morgan fingerprint density at radius 2 is 2.10 bits per heavy atom. The molecule has 21 heavy (non-hydrogen) atoms. The van der Waals surface area contributed by atoms with Gasteiger partial charge >= 0.3 is 0 Å². The molecule has 0 bridgehead atoms. The summed E-state index contributed by atoms with van der Waals surface area (Å²) in [6.07, 6.45) is 2.41. The van der Waals surface area contributed by atoms with Crippen LogP contribution in [0.3, 0.4) is 0 Å². The molecule has 3 heteroatoms. The van der Waals surface area contributed by atoms with E-state index in [-0.39, 0.29) is 6.04 Å². The van der Waals surface area contributed by atoms with Gasteiger partial charge in [-0.1, -0.05) is 41.9 Å². The molecule has 1 aliphatic rings. The molecular formula is C18H21ClN2. The van der Waals surface area contributed by atoms with Crippen molar-refractivity contribution in [1.29, 1.82) is 0 Å². The fraction of sp³-hybridized carbons (Fsp3) is 0.333. The largest absolute Gasteiger partial charge is 0.385 e. The molecule has 0 radical (unpaired) electrons. The molecule has 0 aliphatic carbocycles. The fourth-order valence-electron chi connectivity index (χ4n) is 2.89. The SMILES string of the molecule is CC(NCc1cccc2c1NCCC2)c1cccc(Cl)c1. The van der Waals surface area contributed by atoms with Gasteiger partial charge in [0.25, 0.3) is 0 Å². The molecule has 0 fully saturated rings. The number of hydrogen-bond acceptors (Lipinski definition) is 2. The van der Waals surface area contributed by atoms with Gasteiger partial charge in [-0.2, -0.15) is 0 Å². The highest BCUT2D eigenvalue weighted by Crippen LogP contribution is 2.26. The third kappa shape index (κ3) is 3.39. The Kier molecular flexibility index (Phi) is 4.47. The van der Waals surface area contributed by atoms with Crippen LogP contribution in [-0.2, 0) is 13.0 Å². The molecule has 110 valence electrons. The summed E-state index contributed by atoms with van der Waals surface area (Å²) >= 11 is 6.06. The zero-order valence-electron chi connectivity index (χ0n) is 12.3. The number of hydrogen-bond donors (Lipinski definition) is 2. The summed E-state index contributed by atoms with van der Waals surface area (Å²) in [5.41, 5.74) is 5.34. The Bertz CT molecular complexity index is 624. The fourth-order valence-corrected chi connectivity index (χ4v) is 3.08. The molecule has 0 saturated heterocycles. The van der Waals surface area contributed by atoms with E-state index in [0.717, 1.165) is 18.1 Å². The topological polar surface area (TPSA) is 24.1 Å². The number of aryl methyl sites for hydroxylation is 1. The number of nitrogens with one attached hydrogen (secondary N) is 2. The molecule has 2 aromatic carbocycles. The molecule has 1 atom stereocenters. The van der Waals surface area contributed by atoms with Gasteiger partial charge in [0.2, 0.25) is 0 Å². The first kappa shape index (κ1) is 14.4. The van der Waals surface area contributed by atoms with Crippen molar-refractivity contribution in [3.05, 3.63) is 64.2 Å². The molecule has 2 nitrogen and oxygen atoms in total. The van der Waals surface area contributed by atoms with Gasteiger partial charge < -0.3 is 10.6 Å². The summed E-state index contributed by atoms with van der Waals surface area (Å²) in [4.78, 5) is 0. The first-order valence-electron chi connectivity index (χ1n) is 7.57. The number of para-hydroxylation sites is 1. The highest BCUT2D eigenvalue weighted by Gasteiger charge is 2.13. The second-order valence-electron chi connectivity index (χ2n) is 5.64. The van der Waals surface area contributed by atoms with Crippen LogP contribution < -0.4 is 10.6 Å². The van der Waals surface area contributed by atoms with Crippen molar-refractivity contribution in [3.63, 3.8) is 0 Å². The van der Waals surface area contributed by atoms with Gasteiger partial charge in [0, 0.05) is 29.8 Å². The monoisotopic (exact) mass is 300 g/mol.